The van der Waals surface area contributed by atoms with E-state index in [-0.39, 0.29) is 18.1 Å². The SMILES string of the molecule is Cc1ccc(C(C)(C)C)c(OCC(CO)NC(C)C)c1. The Labute approximate surface area is 123 Å². The molecule has 0 aliphatic rings. The Bertz CT molecular complexity index is 421. The van der Waals surface area contributed by atoms with Gasteiger partial charge < -0.3 is 15.2 Å². The molecule has 0 spiro atoms. The maximum absolute atomic E-state index is 9.39. The van der Waals surface area contributed by atoms with Crippen molar-refractivity contribution in [2.24, 2.45) is 0 Å². The molecule has 0 aliphatic carbocycles. The highest BCUT2D eigenvalue weighted by molar-refractivity contribution is 5.41. The average Bonchev–Trinajstić information content (AvgIpc) is 2.32. The number of hydrogen-bond donors (Lipinski definition) is 2. The number of aliphatic hydroxyl groups is 1. The minimum absolute atomic E-state index is 0.0386. The molecular formula is C17H29NO2. The van der Waals surface area contributed by atoms with E-state index in [2.05, 4.69) is 65.1 Å². The van der Waals surface area contributed by atoms with Gasteiger partial charge in [-0.3, -0.25) is 0 Å². The van der Waals surface area contributed by atoms with Gasteiger partial charge in [0.25, 0.3) is 0 Å². The Kier molecular flexibility index (Phi) is 6.03. The highest BCUT2D eigenvalue weighted by Gasteiger charge is 2.20. The Morgan fingerprint density at radius 2 is 1.90 bits per heavy atom. The van der Waals surface area contributed by atoms with E-state index in [0.717, 1.165) is 5.75 Å². The van der Waals surface area contributed by atoms with Crippen molar-refractivity contribution in [1.82, 2.24) is 5.32 Å². The topological polar surface area (TPSA) is 41.5 Å². The third kappa shape index (κ3) is 5.14. The maximum Gasteiger partial charge on any atom is 0.123 e. The van der Waals surface area contributed by atoms with Crippen LogP contribution in [0.15, 0.2) is 18.2 Å². The molecule has 114 valence electrons. The second-order valence-corrected chi connectivity index (χ2v) is 6.76. The number of hydrogen-bond acceptors (Lipinski definition) is 3. The predicted molar refractivity (Wildman–Crippen MR) is 84.5 cm³/mol. The smallest absolute Gasteiger partial charge is 0.123 e. The van der Waals surface area contributed by atoms with Gasteiger partial charge in [0.15, 0.2) is 0 Å². The molecule has 0 radical (unpaired) electrons. The quantitative estimate of drug-likeness (QED) is 0.841. The van der Waals surface area contributed by atoms with E-state index in [4.69, 9.17) is 4.74 Å². The van der Waals surface area contributed by atoms with Crippen LogP contribution >= 0.6 is 0 Å². The van der Waals surface area contributed by atoms with Crippen molar-refractivity contribution in [3.8, 4) is 5.75 Å². The molecule has 3 nitrogen and oxygen atoms in total. The summed E-state index contributed by atoms with van der Waals surface area (Å²) in [7, 11) is 0. The summed E-state index contributed by atoms with van der Waals surface area (Å²) in [4.78, 5) is 0. The Hall–Kier alpha value is -1.06. The molecule has 1 atom stereocenters. The summed E-state index contributed by atoms with van der Waals surface area (Å²) in [5.41, 5.74) is 2.43. The third-order valence-electron chi connectivity index (χ3n) is 3.17. The second kappa shape index (κ2) is 7.09. The zero-order chi connectivity index (χ0) is 15.3. The maximum atomic E-state index is 9.39. The van der Waals surface area contributed by atoms with Gasteiger partial charge in [-0.15, -0.1) is 0 Å². The largest absolute Gasteiger partial charge is 0.492 e. The molecule has 1 rings (SSSR count). The molecule has 0 bridgehead atoms. The lowest BCUT2D eigenvalue weighted by atomic mass is 9.86. The molecule has 20 heavy (non-hydrogen) atoms. The van der Waals surface area contributed by atoms with Crippen LogP contribution in [0.3, 0.4) is 0 Å². The molecule has 0 aliphatic heterocycles. The fraction of sp³-hybridized carbons (Fsp3) is 0.647. The predicted octanol–water partition coefficient (Wildman–Crippen LogP) is 3.03. The number of aryl methyl sites for hydroxylation is 1. The van der Waals surface area contributed by atoms with Crippen LogP contribution in [0, 0.1) is 6.92 Å². The van der Waals surface area contributed by atoms with Gasteiger partial charge in [0, 0.05) is 6.04 Å². The van der Waals surface area contributed by atoms with Crippen molar-refractivity contribution in [3.05, 3.63) is 29.3 Å². The molecule has 0 saturated carbocycles. The van der Waals surface area contributed by atoms with Crippen molar-refractivity contribution in [3.63, 3.8) is 0 Å². The van der Waals surface area contributed by atoms with Crippen LogP contribution in [0.2, 0.25) is 0 Å². The van der Waals surface area contributed by atoms with Crippen molar-refractivity contribution in [2.45, 2.75) is 59.0 Å². The van der Waals surface area contributed by atoms with E-state index in [0.29, 0.717) is 12.6 Å². The zero-order valence-corrected chi connectivity index (χ0v) is 13.7. The Morgan fingerprint density at radius 1 is 1.25 bits per heavy atom. The number of nitrogens with one attached hydrogen (secondary N) is 1. The van der Waals surface area contributed by atoms with Crippen LogP contribution in [0.4, 0.5) is 0 Å². The first-order valence-electron chi connectivity index (χ1n) is 7.35. The summed E-state index contributed by atoms with van der Waals surface area (Å²) in [6.07, 6.45) is 0. The summed E-state index contributed by atoms with van der Waals surface area (Å²) in [6.45, 7) is 13.3. The highest BCUT2D eigenvalue weighted by Crippen LogP contribution is 2.32. The normalized spacial score (nSPS) is 13.6. The summed E-state index contributed by atoms with van der Waals surface area (Å²) in [5.74, 6) is 0.918. The van der Waals surface area contributed by atoms with Crippen LogP contribution < -0.4 is 10.1 Å². The molecule has 0 fully saturated rings. The van der Waals surface area contributed by atoms with Crippen LogP contribution in [0.1, 0.15) is 45.7 Å². The molecule has 2 N–H and O–H groups in total. The number of rotatable bonds is 6. The number of aliphatic hydroxyl groups excluding tert-OH is 1. The lowest BCUT2D eigenvalue weighted by molar-refractivity contribution is 0.175. The molecule has 0 aromatic heterocycles. The number of benzene rings is 1. The minimum atomic E-state index is -0.0386. The first-order valence-corrected chi connectivity index (χ1v) is 7.35. The van der Waals surface area contributed by atoms with Gasteiger partial charge in [-0.1, -0.05) is 46.8 Å². The van der Waals surface area contributed by atoms with Gasteiger partial charge >= 0.3 is 0 Å². The summed E-state index contributed by atoms with van der Waals surface area (Å²) in [6, 6.07) is 6.61. The van der Waals surface area contributed by atoms with E-state index >= 15 is 0 Å². The Morgan fingerprint density at radius 3 is 2.40 bits per heavy atom. The van der Waals surface area contributed by atoms with Gasteiger partial charge in [0.1, 0.15) is 12.4 Å². The fourth-order valence-corrected chi connectivity index (χ4v) is 2.18. The third-order valence-corrected chi connectivity index (χ3v) is 3.17. The first kappa shape index (κ1) is 17.0. The van der Waals surface area contributed by atoms with E-state index in [1.807, 2.05) is 0 Å². The van der Waals surface area contributed by atoms with E-state index in [1.54, 1.807) is 0 Å². The van der Waals surface area contributed by atoms with Crippen LogP contribution in [0.25, 0.3) is 0 Å². The van der Waals surface area contributed by atoms with Crippen molar-refractivity contribution >= 4 is 0 Å². The zero-order valence-electron chi connectivity index (χ0n) is 13.7. The van der Waals surface area contributed by atoms with E-state index < -0.39 is 0 Å². The Balaban J connectivity index is 2.83. The minimum Gasteiger partial charge on any atom is -0.492 e. The molecule has 1 aromatic carbocycles. The summed E-state index contributed by atoms with van der Waals surface area (Å²) >= 11 is 0. The number of ether oxygens (including phenoxy) is 1. The van der Waals surface area contributed by atoms with Gasteiger partial charge in [-0.25, -0.2) is 0 Å². The molecule has 1 aromatic rings. The summed E-state index contributed by atoms with van der Waals surface area (Å²) in [5, 5.41) is 12.7. The van der Waals surface area contributed by atoms with Crippen molar-refractivity contribution in [1.29, 1.82) is 0 Å². The monoisotopic (exact) mass is 279 g/mol. The molecule has 3 heteroatoms. The lowest BCUT2D eigenvalue weighted by Gasteiger charge is -2.25. The summed E-state index contributed by atoms with van der Waals surface area (Å²) < 4.78 is 5.98. The molecule has 0 amide bonds. The van der Waals surface area contributed by atoms with Crippen LogP contribution in [-0.4, -0.2) is 30.4 Å². The van der Waals surface area contributed by atoms with Crippen LogP contribution in [0.5, 0.6) is 5.75 Å². The molecular weight excluding hydrogens is 250 g/mol. The van der Waals surface area contributed by atoms with Gasteiger partial charge in [-0.2, -0.15) is 0 Å². The van der Waals surface area contributed by atoms with E-state index in [9.17, 15) is 5.11 Å². The van der Waals surface area contributed by atoms with Crippen LogP contribution in [-0.2, 0) is 5.41 Å². The van der Waals surface area contributed by atoms with Gasteiger partial charge in [0.05, 0.1) is 12.6 Å². The molecule has 1 unspecified atom stereocenters. The van der Waals surface area contributed by atoms with Crippen molar-refractivity contribution in [2.75, 3.05) is 13.2 Å². The van der Waals surface area contributed by atoms with Crippen molar-refractivity contribution < 1.29 is 9.84 Å². The van der Waals surface area contributed by atoms with Gasteiger partial charge in [0.2, 0.25) is 0 Å². The standard InChI is InChI=1S/C17H29NO2/c1-12(2)18-14(10-19)11-20-16-9-13(3)7-8-15(16)17(4,5)6/h7-9,12,14,18-19H,10-11H2,1-6H3. The average molecular weight is 279 g/mol. The fourth-order valence-electron chi connectivity index (χ4n) is 2.18. The molecule has 0 saturated heterocycles. The van der Waals surface area contributed by atoms with Gasteiger partial charge in [-0.05, 0) is 29.5 Å². The van der Waals surface area contributed by atoms with E-state index in [1.165, 1.54) is 11.1 Å². The molecule has 0 heterocycles. The first-order chi connectivity index (χ1) is 9.24. The second-order valence-electron chi connectivity index (χ2n) is 6.76. The lowest BCUT2D eigenvalue weighted by Crippen LogP contribution is -2.41. The highest BCUT2D eigenvalue weighted by atomic mass is 16.5.